The second-order valence-corrected chi connectivity index (χ2v) is 8.31. The Morgan fingerprint density at radius 2 is 2.12 bits per heavy atom. The van der Waals surface area contributed by atoms with E-state index in [0.29, 0.717) is 28.5 Å². The number of fused-ring (bicyclic) bond motifs is 1. The normalized spacial score (nSPS) is 15.6. The zero-order valence-corrected chi connectivity index (χ0v) is 17.7. The molecule has 11 heteroatoms. The molecular weight excluding hydrogens is 410 g/mol. The van der Waals surface area contributed by atoms with Gasteiger partial charge in [0, 0.05) is 29.3 Å². The van der Waals surface area contributed by atoms with Gasteiger partial charge in [-0.1, -0.05) is 12.1 Å². The van der Waals surface area contributed by atoms with Crippen LogP contribution in [0.4, 0.5) is 5.82 Å². The van der Waals surface area contributed by atoms with Gasteiger partial charge in [-0.05, 0) is 31.9 Å². The number of carbonyl (C=O) groups excluding carboxylic acids is 1. The van der Waals surface area contributed by atoms with E-state index in [4.69, 9.17) is 21.0 Å². The van der Waals surface area contributed by atoms with Crippen LogP contribution in [0, 0.1) is 0 Å². The van der Waals surface area contributed by atoms with Crippen molar-refractivity contribution in [2.45, 2.75) is 44.7 Å². The van der Waals surface area contributed by atoms with Crippen molar-refractivity contribution in [1.82, 2.24) is 35.4 Å². The molecule has 4 heterocycles. The monoisotopic (exact) mass is 433 g/mol. The van der Waals surface area contributed by atoms with Crippen LogP contribution in [0.2, 0.25) is 0 Å². The number of nitrogens with zero attached hydrogens (tertiary/aromatic N) is 5. The number of aromatic nitrogens is 6. The minimum atomic E-state index is -0.477. The molecule has 11 nitrogen and oxygen atoms in total. The number of imidazole rings is 1. The third-order valence-corrected chi connectivity index (χ3v) is 5.91. The average Bonchev–Trinajstić information content (AvgIpc) is 3.18. The summed E-state index contributed by atoms with van der Waals surface area (Å²) in [6.07, 6.45) is 3.52. The van der Waals surface area contributed by atoms with Gasteiger partial charge in [0.15, 0.2) is 17.2 Å². The van der Waals surface area contributed by atoms with Crippen LogP contribution in [-0.4, -0.2) is 36.0 Å². The van der Waals surface area contributed by atoms with Crippen LogP contribution in [0.25, 0.3) is 22.7 Å². The average molecular weight is 433 g/mol. The summed E-state index contributed by atoms with van der Waals surface area (Å²) in [6, 6.07) is 5.28. The van der Waals surface area contributed by atoms with Crippen molar-refractivity contribution >= 4 is 22.9 Å². The molecule has 1 unspecified atom stereocenters. The van der Waals surface area contributed by atoms with E-state index in [-0.39, 0.29) is 23.5 Å². The number of rotatable bonds is 6. The van der Waals surface area contributed by atoms with E-state index in [1.54, 1.807) is 13.0 Å². The Hall–Kier alpha value is -3.86. The highest BCUT2D eigenvalue weighted by Crippen LogP contribution is 2.46. The van der Waals surface area contributed by atoms with Crippen LogP contribution < -0.4 is 16.8 Å². The highest BCUT2D eigenvalue weighted by Gasteiger charge is 2.40. The molecule has 0 aromatic carbocycles. The maximum Gasteiger partial charge on any atom is 0.271 e. The first kappa shape index (κ1) is 20.1. The molecule has 1 aliphatic rings. The summed E-state index contributed by atoms with van der Waals surface area (Å²) >= 11 is 0. The first-order chi connectivity index (χ1) is 15.4. The topological polar surface area (TPSA) is 175 Å². The third-order valence-electron chi connectivity index (χ3n) is 5.91. The molecule has 164 valence electrons. The zero-order valence-electron chi connectivity index (χ0n) is 17.7. The van der Waals surface area contributed by atoms with Gasteiger partial charge < -0.3 is 26.3 Å². The molecule has 1 amide bonds. The minimum Gasteiger partial charge on any atom is -0.383 e. The molecule has 1 saturated carbocycles. The maximum atomic E-state index is 12.7. The molecule has 0 aliphatic heterocycles. The van der Waals surface area contributed by atoms with E-state index >= 15 is 0 Å². The lowest BCUT2D eigenvalue weighted by molar-refractivity contribution is 0.0927. The van der Waals surface area contributed by atoms with Gasteiger partial charge in [0.2, 0.25) is 0 Å². The predicted molar refractivity (Wildman–Crippen MR) is 116 cm³/mol. The first-order valence-corrected chi connectivity index (χ1v) is 10.3. The SMILES string of the molecule is CC(NC(=O)c1ncnc(N)c1CN)c1cc(-c2nc3nc(C4(C)CC4)ccc3[nH]2)no1. The number of nitrogen functional groups attached to an aromatic ring is 1. The lowest BCUT2D eigenvalue weighted by Gasteiger charge is -2.12. The van der Waals surface area contributed by atoms with Crippen LogP contribution in [0.5, 0.6) is 0 Å². The number of amides is 1. The van der Waals surface area contributed by atoms with Gasteiger partial charge in [-0.3, -0.25) is 4.79 Å². The Morgan fingerprint density at radius 1 is 1.31 bits per heavy atom. The summed E-state index contributed by atoms with van der Waals surface area (Å²) in [5.41, 5.74) is 15.2. The molecule has 0 radical (unpaired) electrons. The van der Waals surface area contributed by atoms with Gasteiger partial charge in [0.05, 0.1) is 11.6 Å². The summed E-state index contributed by atoms with van der Waals surface area (Å²) in [5, 5.41) is 6.92. The minimum absolute atomic E-state index is 0.0528. The third kappa shape index (κ3) is 3.46. The number of H-pyrrole nitrogens is 1. The lowest BCUT2D eigenvalue weighted by Crippen LogP contribution is -2.29. The molecule has 1 atom stereocenters. The number of pyridine rings is 1. The number of hydrogen-bond donors (Lipinski definition) is 4. The van der Waals surface area contributed by atoms with Gasteiger partial charge in [-0.2, -0.15) is 0 Å². The molecule has 0 spiro atoms. The lowest BCUT2D eigenvalue weighted by atomic mass is 10.1. The quantitative estimate of drug-likeness (QED) is 0.354. The van der Waals surface area contributed by atoms with Gasteiger partial charge >= 0.3 is 0 Å². The zero-order chi connectivity index (χ0) is 22.5. The summed E-state index contributed by atoms with van der Waals surface area (Å²) in [7, 11) is 0. The Morgan fingerprint density at radius 3 is 2.88 bits per heavy atom. The van der Waals surface area contributed by atoms with Crippen LogP contribution in [0.15, 0.2) is 29.0 Å². The van der Waals surface area contributed by atoms with Gasteiger partial charge in [0.25, 0.3) is 5.91 Å². The molecule has 4 aromatic rings. The van der Waals surface area contributed by atoms with Crippen molar-refractivity contribution in [2.24, 2.45) is 5.73 Å². The molecule has 1 fully saturated rings. The fraction of sp³-hybridized carbons (Fsp3) is 0.333. The highest BCUT2D eigenvalue weighted by molar-refractivity contribution is 5.94. The van der Waals surface area contributed by atoms with Crippen LogP contribution in [0.3, 0.4) is 0 Å². The predicted octanol–water partition coefficient (Wildman–Crippen LogP) is 1.99. The van der Waals surface area contributed by atoms with Crippen molar-refractivity contribution in [3.05, 3.63) is 47.2 Å². The van der Waals surface area contributed by atoms with Crippen LogP contribution in [0.1, 0.15) is 60.2 Å². The molecule has 0 saturated heterocycles. The molecule has 6 N–H and O–H groups in total. The summed E-state index contributed by atoms with van der Waals surface area (Å²) < 4.78 is 5.45. The van der Waals surface area contributed by atoms with E-state index in [1.165, 1.54) is 6.33 Å². The fourth-order valence-corrected chi connectivity index (χ4v) is 3.56. The summed E-state index contributed by atoms with van der Waals surface area (Å²) in [4.78, 5) is 33.1. The Balaban J connectivity index is 1.35. The number of nitrogens with two attached hydrogens (primary N) is 2. The van der Waals surface area contributed by atoms with Crippen molar-refractivity contribution in [3.63, 3.8) is 0 Å². The van der Waals surface area contributed by atoms with Crippen molar-refractivity contribution < 1.29 is 9.32 Å². The molecule has 32 heavy (non-hydrogen) atoms. The summed E-state index contributed by atoms with van der Waals surface area (Å²) in [6.45, 7) is 4.04. The van der Waals surface area contributed by atoms with E-state index in [1.807, 2.05) is 12.1 Å². The molecule has 1 aliphatic carbocycles. The Bertz CT molecular complexity index is 1320. The largest absolute Gasteiger partial charge is 0.383 e. The van der Waals surface area contributed by atoms with Gasteiger partial charge in [-0.25, -0.2) is 19.9 Å². The summed E-state index contributed by atoms with van der Waals surface area (Å²) in [5.74, 6) is 0.760. The maximum absolute atomic E-state index is 12.7. The molecule has 4 aromatic heterocycles. The fourth-order valence-electron chi connectivity index (χ4n) is 3.56. The van der Waals surface area contributed by atoms with Crippen molar-refractivity contribution in [1.29, 1.82) is 0 Å². The van der Waals surface area contributed by atoms with E-state index < -0.39 is 11.9 Å². The Kier molecular flexibility index (Phi) is 4.63. The number of anilines is 1. The van der Waals surface area contributed by atoms with Crippen LogP contribution >= 0.6 is 0 Å². The van der Waals surface area contributed by atoms with E-state index in [2.05, 4.69) is 37.3 Å². The number of carbonyl (C=O) groups is 1. The highest BCUT2D eigenvalue weighted by atomic mass is 16.5. The Labute approximate surface area is 183 Å². The van der Waals surface area contributed by atoms with Crippen molar-refractivity contribution in [3.8, 4) is 11.5 Å². The van der Waals surface area contributed by atoms with E-state index in [9.17, 15) is 4.79 Å². The number of nitrogens with one attached hydrogen (secondary N) is 2. The van der Waals surface area contributed by atoms with Crippen molar-refractivity contribution in [2.75, 3.05) is 5.73 Å². The molecular formula is C21H23N9O2. The smallest absolute Gasteiger partial charge is 0.271 e. The van der Waals surface area contributed by atoms with Gasteiger partial charge in [-0.15, -0.1) is 0 Å². The van der Waals surface area contributed by atoms with Crippen LogP contribution in [-0.2, 0) is 12.0 Å². The van der Waals surface area contributed by atoms with Gasteiger partial charge in [0.1, 0.15) is 23.5 Å². The first-order valence-electron chi connectivity index (χ1n) is 10.3. The standard InChI is InChI=1S/C21H23N9O2/c1-10(26-20(31)16-11(8-22)17(23)25-9-24-16)14-7-13(30-32-14)19-27-12-3-4-15(21(2)5-6-21)28-18(12)29-19/h3-4,7,9-10H,5-6,8,22H2,1-2H3,(H,26,31)(H2,23,24,25)(H,27,28,29). The second kappa shape index (κ2) is 7.38. The number of hydrogen-bond acceptors (Lipinski definition) is 9. The molecule has 5 rings (SSSR count). The second-order valence-electron chi connectivity index (χ2n) is 8.31. The molecule has 0 bridgehead atoms. The number of aromatic amines is 1. The van der Waals surface area contributed by atoms with E-state index in [0.717, 1.165) is 24.1 Å².